The number of piperidine rings is 1. The predicted molar refractivity (Wildman–Crippen MR) is 69.9 cm³/mol. The fourth-order valence-corrected chi connectivity index (χ4v) is 2.82. The summed E-state index contributed by atoms with van der Waals surface area (Å²) < 4.78 is 0. The fourth-order valence-electron chi connectivity index (χ4n) is 2.82. The third-order valence-corrected chi connectivity index (χ3v) is 4.55. The quantitative estimate of drug-likeness (QED) is 0.764. The van der Waals surface area contributed by atoms with Crippen molar-refractivity contribution >= 4 is 11.8 Å². The molecule has 1 heterocycles. The van der Waals surface area contributed by atoms with Crippen molar-refractivity contribution in [1.82, 2.24) is 9.80 Å². The molecule has 1 saturated carbocycles. The highest BCUT2D eigenvalue weighted by Crippen LogP contribution is 2.35. The summed E-state index contributed by atoms with van der Waals surface area (Å²) in [4.78, 5) is 27.4. The average molecular weight is 252 g/mol. The van der Waals surface area contributed by atoms with Gasteiger partial charge in [-0.25, -0.2) is 0 Å². The fraction of sp³-hybridized carbons (Fsp3) is 0.857. The van der Waals surface area contributed by atoms with Crippen LogP contribution in [-0.4, -0.2) is 47.8 Å². The van der Waals surface area contributed by atoms with E-state index in [9.17, 15) is 9.59 Å². The number of carbonyl (C=O) groups excluding carboxylic acids is 2. The Balaban J connectivity index is 1.84. The Labute approximate surface area is 109 Å². The first-order valence-corrected chi connectivity index (χ1v) is 7.03. The molecule has 0 radical (unpaired) electrons. The largest absolute Gasteiger partial charge is 0.343 e. The molecule has 2 rings (SSSR count). The van der Waals surface area contributed by atoms with Gasteiger partial charge in [-0.2, -0.15) is 0 Å². The average Bonchev–Trinajstić information content (AvgIpc) is 3.20. The monoisotopic (exact) mass is 252 g/mol. The van der Waals surface area contributed by atoms with Gasteiger partial charge in [0.2, 0.25) is 11.8 Å². The molecule has 2 fully saturated rings. The van der Waals surface area contributed by atoms with E-state index in [0.29, 0.717) is 6.04 Å². The van der Waals surface area contributed by atoms with Crippen LogP contribution in [0.15, 0.2) is 0 Å². The Morgan fingerprint density at radius 3 is 2.17 bits per heavy atom. The molecule has 1 unspecified atom stereocenters. The molecule has 0 aromatic rings. The van der Waals surface area contributed by atoms with Crippen molar-refractivity contribution in [1.29, 1.82) is 0 Å². The van der Waals surface area contributed by atoms with Gasteiger partial charge in [-0.05, 0) is 38.5 Å². The Bertz CT molecular complexity index is 331. The molecule has 0 aromatic carbocycles. The van der Waals surface area contributed by atoms with Crippen molar-refractivity contribution in [3.05, 3.63) is 0 Å². The van der Waals surface area contributed by atoms with Crippen LogP contribution in [0, 0.1) is 11.8 Å². The summed E-state index contributed by atoms with van der Waals surface area (Å²) in [6, 6.07) is 0.378. The summed E-state index contributed by atoms with van der Waals surface area (Å²) in [5.41, 5.74) is 0. The highest BCUT2D eigenvalue weighted by atomic mass is 16.2. The van der Waals surface area contributed by atoms with Crippen molar-refractivity contribution in [2.24, 2.45) is 11.8 Å². The first kappa shape index (κ1) is 13.4. The van der Waals surface area contributed by atoms with Gasteiger partial charge in [-0.1, -0.05) is 0 Å². The van der Waals surface area contributed by atoms with Crippen LogP contribution in [0.25, 0.3) is 0 Å². The minimum Gasteiger partial charge on any atom is -0.343 e. The molecular formula is C14H24N2O2. The van der Waals surface area contributed by atoms with E-state index in [-0.39, 0.29) is 17.7 Å². The highest BCUT2D eigenvalue weighted by molar-refractivity contribution is 5.79. The van der Waals surface area contributed by atoms with Crippen molar-refractivity contribution in [3.63, 3.8) is 0 Å². The van der Waals surface area contributed by atoms with Gasteiger partial charge in [-0.15, -0.1) is 0 Å². The Morgan fingerprint density at radius 1 is 1.17 bits per heavy atom. The third kappa shape index (κ3) is 2.85. The molecule has 0 bridgehead atoms. The predicted octanol–water partition coefficient (Wildman–Crippen LogP) is 1.50. The van der Waals surface area contributed by atoms with Gasteiger partial charge in [0.05, 0.1) is 0 Å². The zero-order chi connectivity index (χ0) is 13.3. The van der Waals surface area contributed by atoms with Gasteiger partial charge in [0, 0.05) is 39.0 Å². The maximum absolute atomic E-state index is 12.4. The molecule has 2 amide bonds. The zero-order valence-electron chi connectivity index (χ0n) is 11.7. The molecule has 1 saturated heterocycles. The number of carbonyl (C=O) groups is 2. The topological polar surface area (TPSA) is 40.6 Å². The van der Waals surface area contributed by atoms with E-state index < -0.39 is 0 Å². The van der Waals surface area contributed by atoms with Gasteiger partial charge in [0.1, 0.15) is 0 Å². The number of rotatable bonds is 3. The van der Waals surface area contributed by atoms with E-state index in [0.717, 1.165) is 31.8 Å². The molecular weight excluding hydrogens is 228 g/mol. The van der Waals surface area contributed by atoms with Crippen molar-refractivity contribution in [2.75, 3.05) is 20.1 Å². The molecule has 4 heteroatoms. The van der Waals surface area contributed by atoms with Crippen LogP contribution in [0.3, 0.4) is 0 Å². The van der Waals surface area contributed by atoms with Crippen LogP contribution in [0.1, 0.15) is 39.5 Å². The number of likely N-dealkylation sites (tertiary alicyclic amines) is 1. The Morgan fingerprint density at radius 2 is 1.72 bits per heavy atom. The van der Waals surface area contributed by atoms with Crippen LogP contribution >= 0.6 is 0 Å². The number of nitrogens with zero attached hydrogens (tertiary/aromatic N) is 2. The number of hydrogen-bond donors (Lipinski definition) is 0. The summed E-state index contributed by atoms with van der Waals surface area (Å²) in [6.45, 7) is 5.22. The molecule has 1 atom stereocenters. The van der Waals surface area contributed by atoms with E-state index in [1.54, 1.807) is 6.92 Å². The smallest absolute Gasteiger partial charge is 0.225 e. The lowest BCUT2D eigenvalue weighted by Crippen LogP contribution is -2.45. The molecule has 102 valence electrons. The first-order chi connectivity index (χ1) is 8.50. The van der Waals surface area contributed by atoms with Crippen LogP contribution < -0.4 is 0 Å². The number of amides is 2. The second-order valence-corrected chi connectivity index (χ2v) is 5.81. The SMILES string of the molecule is CC(=O)N1CCC(C(=O)N(C)C(C)C2CC2)CC1. The summed E-state index contributed by atoms with van der Waals surface area (Å²) in [5.74, 6) is 1.24. The molecule has 4 nitrogen and oxygen atoms in total. The second kappa shape index (κ2) is 5.29. The van der Waals surface area contributed by atoms with Crippen molar-refractivity contribution in [3.8, 4) is 0 Å². The summed E-state index contributed by atoms with van der Waals surface area (Å²) in [5, 5.41) is 0. The molecule has 0 aromatic heterocycles. The molecule has 0 spiro atoms. The van der Waals surface area contributed by atoms with E-state index >= 15 is 0 Å². The maximum atomic E-state index is 12.4. The zero-order valence-corrected chi connectivity index (χ0v) is 11.7. The third-order valence-electron chi connectivity index (χ3n) is 4.55. The maximum Gasteiger partial charge on any atom is 0.225 e. The molecule has 1 aliphatic heterocycles. The van der Waals surface area contributed by atoms with Crippen LogP contribution in [0.2, 0.25) is 0 Å². The molecule has 18 heavy (non-hydrogen) atoms. The van der Waals surface area contributed by atoms with Crippen molar-refractivity contribution < 1.29 is 9.59 Å². The van der Waals surface area contributed by atoms with Gasteiger partial charge in [-0.3, -0.25) is 9.59 Å². The lowest BCUT2D eigenvalue weighted by Gasteiger charge is -2.34. The second-order valence-electron chi connectivity index (χ2n) is 5.81. The van der Waals surface area contributed by atoms with E-state index in [1.165, 1.54) is 12.8 Å². The summed E-state index contributed by atoms with van der Waals surface area (Å²) >= 11 is 0. The minimum absolute atomic E-state index is 0.117. The molecule has 1 aliphatic carbocycles. The van der Waals surface area contributed by atoms with E-state index in [1.807, 2.05) is 16.8 Å². The standard InChI is InChI=1S/C14H24N2O2/c1-10(12-4-5-12)15(3)14(18)13-6-8-16(9-7-13)11(2)17/h10,12-13H,4-9H2,1-3H3. The van der Waals surface area contributed by atoms with Gasteiger partial charge in [0.15, 0.2) is 0 Å². The van der Waals surface area contributed by atoms with Crippen LogP contribution in [0.4, 0.5) is 0 Å². The Hall–Kier alpha value is -1.06. The molecule has 0 N–H and O–H groups in total. The summed E-state index contributed by atoms with van der Waals surface area (Å²) in [6.07, 6.45) is 4.17. The molecule has 2 aliphatic rings. The number of hydrogen-bond acceptors (Lipinski definition) is 2. The lowest BCUT2D eigenvalue weighted by atomic mass is 9.94. The Kier molecular flexibility index (Phi) is 3.93. The van der Waals surface area contributed by atoms with E-state index in [2.05, 4.69) is 6.92 Å². The van der Waals surface area contributed by atoms with Gasteiger partial charge < -0.3 is 9.80 Å². The normalized spacial score (nSPS) is 22.7. The highest BCUT2D eigenvalue weighted by Gasteiger charge is 2.35. The van der Waals surface area contributed by atoms with Gasteiger partial charge in [0.25, 0.3) is 0 Å². The lowest BCUT2D eigenvalue weighted by molar-refractivity contribution is -0.140. The van der Waals surface area contributed by atoms with E-state index in [4.69, 9.17) is 0 Å². The van der Waals surface area contributed by atoms with Crippen LogP contribution in [-0.2, 0) is 9.59 Å². The minimum atomic E-state index is 0.117. The van der Waals surface area contributed by atoms with Crippen molar-refractivity contribution in [2.45, 2.75) is 45.6 Å². The van der Waals surface area contributed by atoms with Crippen LogP contribution in [0.5, 0.6) is 0 Å². The van der Waals surface area contributed by atoms with Gasteiger partial charge >= 0.3 is 0 Å². The first-order valence-electron chi connectivity index (χ1n) is 7.03. The summed E-state index contributed by atoms with van der Waals surface area (Å²) in [7, 11) is 1.93.